The minimum absolute atomic E-state index is 0.0102. The Morgan fingerprint density at radius 3 is 2.47 bits per heavy atom. The number of nitrogens with two attached hydrogens (primary N) is 1. The van der Waals surface area contributed by atoms with Gasteiger partial charge in [0, 0.05) is 18.7 Å². The Labute approximate surface area is 88.0 Å². The van der Waals surface area contributed by atoms with Gasteiger partial charge in [-0.15, -0.1) is 0 Å². The Kier molecular flexibility index (Phi) is 3.76. The van der Waals surface area contributed by atoms with Crippen LogP contribution in [0.1, 0.15) is 11.7 Å². The van der Waals surface area contributed by atoms with Crippen molar-refractivity contribution in [2.75, 3.05) is 20.8 Å². The Morgan fingerprint density at radius 2 is 2.00 bits per heavy atom. The molecule has 0 aromatic heterocycles. The molecule has 84 valence electrons. The van der Waals surface area contributed by atoms with Crippen molar-refractivity contribution in [1.29, 1.82) is 0 Å². The van der Waals surface area contributed by atoms with Crippen LogP contribution in [-0.4, -0.2) is 31.0 Å². The summed E-state index contributed by atoms with van der Waals surface area (Å²) >= 11 is 0. The minimum Gasteiger partial charge on any atom is -0.507 e. The molecule has 0 aliphatic rings. The van der Waals surface area contributed by atoms with Crippen LogP contribution in [0.2, 0.25) is 0 Å². The van der Waals surface area contributed by atoms with Gasteiger partial charge in [-0.05, 0) is 0 Å². The van der Waals surface area contributed by atoms with Crippen LogP contribution in [0.4, 0.5) is 0 Å². The highest BCUT2D eigenvalue weighted by atomic mass is 16.5. The quantitative estimate of drug-likeness (QED) is 0.674. The van der Waals surface area contributed by atoms with E-state index in [-0.39, 0.29) is 17.9 Å². The molecule has 5 nitrogen and oxygen atoms in total. The number of rotatable bonds is 4. The van der Waals surface area contributed by atoms with Crippen LogP contribution in [0.15, 0.2) is 12.1 Å². The Hall–Kier alpha value is -1.46. The summed E-state index contributed by atoms with van der Waals surface area (Å²) in [5.74, 6) is 0.714. The fourth-order valence-electron chi connectivity index (χ4n) is 1.33. The molecule has 0 radical (unpaired) electrons. The van der Waals surface area contributed by atoms with Gasteiger partial charge >= 0.3 is 0 Å². The molecule has 0 saturated carbocycles. The maximum absolute atomic E-state index is 9.66. The molecule has 0 aliphatic carbocycles. The summed E-state index contributed by atoms with van der Waals surface area (Å²) in [6, 6.07) is 2.98. The summed E-state index contributed by atoms with van der Waals surface area (Å²) in [5, 5.41) is 19.2. The van der Waals surface area contributed by atoms with Gasteiger partial charge in [-0.25, -0.2) is 0 Å². The van der Waals surface area contributed by atoms with E-state index in [1.54, 1.807) is 6.07 Å². The largest absolute Gasteiger partial charge is 0.507 e. The molecule has 0 fully saturated rings. The highest BCUT2D eigenvalue weighted by Crippen LogP contribution is 2.37. The number of hydrogen-bond acceptors (Lipinski definition) is 5. The van der Waals surface area contributed by atoms with Crippen LogP contribution >= 0.6 is 0 Å². The van der Waals surface area contributed by atoms with Crippen LogP contribution in [0.25, 0.3) is 0 Å². The Balaban J connectivity index is 3.24. The molecule has 0 heterocycles. The predicted molar refractivity (Wildman–Crippen MR) is 55.2 cm³/mol. The number of methoxy groups -OCH3 is 2. The molecule has 15 heavy (non-hydrogen) atoms. The maximum Gasteiger partial charge on any atom is 0.132 e. The maximum atomic E-state index is 9.66. The first-order valence-corrected chi connectivity index (χ1v) is 4.47. The SMILES string of the molecule is COc1cc(O)c(C(O)CN)c(OC)c1. The van der Waals surface area contributed by atoms with E-state index in [4.69, 9.17) is 15.2 Å². The monoisotopic (exact) mass is 213 g/mol. The van der Waals surface area contributed by atoms with Crippen molar-refractivity contribution in [1.82, 2.24) is 0 Å². The van der Waals surface area contributed by atoms with Gasteiger partial charge in [-0.2, -0.15) is 0 Å². The molecule has 0 saturated heterocycles. The van der Waals surface area contributed by atoms with E-state index in [0.717, 1.165) is 0 Å². The van der Waals surface area contributed by atoms with E-state index >= 15 is 0 Å². The highest BCUT2D eigenvalue weighted by molar-refractivity contribution is 5.51. The van der Waals surface area contributed by atoms with Gasteiger partial charge in [-0.3, -0.25) is 0 Å². The number of aromatic hydroxyl groups is 1. The van der Waals surface area contributed by atoms with Gasteiger partial charge in [-0.1, -0.05) is 0 Å². The zero-order valence-corrected chi connectivity index (χ0v) is 8.73. The van der Waals surface area contributed by atoms with Crippen LogP contribution < -0.4 is 15.2 Å². The van der Waals surface area contributed by atoms with Gasteiger partial charge in [0.2, 0.25) is 0 Å². The topological polar surface area (TPSA) is 84.9 Å². The lowest BCUT2D eigenvalue weighted by Crippen LogP contribution is -2.12. The minimum atomic E-state index is -0.953. The molecule has 0 aliphatic heterocycles. The summed E-state index contributed by atoms with van der Waals surface area (Å²) in [4.78, 5) is 0. The molecule has 1 atom stereocenters. The number of benzene rings is 1. The molecule has 1 unspecified atom stereocenters. The second-order valence-corrected chi connectivity index (χ2v) is 3.01. The van der Waals surface area contributed by atoms with E-state index in [0.29, 0.717) is 11.5 Å². The number of phenolic OH excluding ortho intramolecular Hbond substituents is 1. The van der Waals surface area contributed by atoms with Crippen molar-refractivity contribution in [3.8, 4) is 17.2 Å². The molecule has 1 aromatic rings. The lowest BCUT2D eigenvalue weighted by molar-refractivity contribution is 0.177. The van der Waals surface area contributed by atoms with Crippen LogP contribution in [0.3, 0.4) is 0 Å². The van der Waals surface area contributed by atoms with Gasteiger partial charge in [0.25, 0.3) is 0 Å². The van der Waals surface area contributed by atoms with Crippen molar-refractivity contribution in [3.05, 3.63) is 17.7 Å². The van der Waals surface area contributed by atoms with E-state index in [9.17, 15) is 10.2 Å². The lowest BCUT2D eigenvalue weighted by Gasteiger charge is -2.15. The first-order chi connectivity index (χ1) is 7.13. The number of aliphatic hydroxyl groups is 1. The smallest absolute Gasteiger partial charge is 0.132 e. The third-order valence-electron chi connectivity index (χ3n) is 2.11. The van der Waals surface area contributed by atoms with Gasteiger partial charge in [0.05, 0.1) is 25.9 Å². The zero-order valence-electron chi connectivity index (χ0n) is 8.73. The molecule has 0 amide bonds. The predicted octanol–water partition coefficient (Wildman–Crippen LogP) is 0.402. The van der Waals surface area contributed by atoms with E-state index < -0.39 is 6.10 Å². The molecule has 0 bridgehead atoms. The second-order valence-electron chi connectivity index (χ2n) is 3.01. The van der Waals surface area contributed by atoms with E-state index in [1.165, 1.54) is 20.3 Å². The normalized spacial score (nSPS) is 12.3. The summed E-state index contributed by atoms with van der Waals surface area (Å²) in [5.41, 5.74) is 5.60. The van der Waals surface area contributed by atoms with Gasteiger partial charge in [0.15, 0.2) is 0 Å². The number of aliphatic hydroxyl groups excluding tert-OH is 1. The fourth-order valence-corrected chi connectivity index (χ4v) is 1.33. The highest BCUT2D eigenvalue weighted by Gasteiger charge is 2.18. The van der Waals surface area contributed by atoms with Crippen LogP contribution in [0.5, 0.6) is 17.2 Å². The number of phenols is 1. The van der Waals surface area contributed by atoms with Crippen LogP contribution in [0, 0.1) is 0 Å². The van der Waals surface area contributed by atoms with Crippen molar-refractivity contribution in [2.24, 2.45) is 5.73 Å². The van der Waals surface area contributed by atoms with Crippen molar-refractivity contribution in [2.45, 2.75) is 6.10 Å². The Morgan fingerprint density at radius 1 is 1.33 bits per heavy atom. The average molecular weight is 213 g/mol. The van der Waals surface area contributed by atoms with Gasteiger partial charge < -0.3 is 25.4 Å². The molecule has 5 heteroatoms. The fraction of sp³-hybridized carbons (Fsp3) is 0.400. The summed E-state index contributed by atoms with van der Waals surface area (Å²) < 4.78 is 9.99. The average Bonchev–Trinajstić information content (AvgIpc) is 2.26. The standard InChI is InChI=1S/C10H15NO4/c1-14-6-3-7(12)10(8(13)5-11)9(4-6)15-2/h3-4,8,12-13H,5,11H2,1-2H3. The van der Waals surface area contributed by atoms with Gasteiger partial charge in [0.1, 0.15) is 17.2 Å². The summed E-state index contributed by atoms with van der Waals surface area (Å²) in [6.07, 6.45) is -0.953. The first kappa shape index (κ1) is 11.6. The third-order valence-corrected chi connectivity index (χ3v) is 2.11. The molecule has 0 spiro atoms. The molecular formula is C10H15NO4. The number of ether oxygens (including phenoxy) is 2. The van der Waals surface area contributed by atoms with Crippen molar-refractivity contribution >= 4 is 0 Å². The van der Waals surface area contributed by atoms with E-state index in [1.807, 2.05) is 0 Å². The summed E-state index contributed by atoms with van der Waals surface area (Å²) in [7, 11) is 2.92. The van der Waals surface area contributed by atoms with Crippen molar-refractivity contribution < 1.29 is 19.7 Å². The molecule has 1 rings (SSSR count). The van der Waals surface area contributed by atoms with Crippen LogP contribution in [-0.2, 0) is 0 Å². The van der Waals surface area contributed by atoms with E-state index in [2.05, 4.69) is 0 Å². The van der Waals surface area contributed by atoms with Crippen molar-refractivity contribution in [3.63, 3.8) is 0 Å². The lowest BCUT2D eigenvalue weighted by atomic mass is 10.1. The third kappa shape index (κ3) is 2.31. The number of hydrogen-bond donors (Lipinski definition) is 3. The second kappa shape index (κ2) is 4.86. The molecule has 4 N–H and O–H groups in total. The summed E-state index contributed by atoms with van der Waals surface area (Å²) in [6.45, 7) is 0.0102. The first-order valence-electron chi connectivity index (χ1n) is 4.47. The molecular weight excluding hydrogens is 198 g/mol. The Bertz CT molecular complexity index is 340. The molecule has 1 aromatic carbocycles. The zero-order chi connectivity index (χ0) is 11.4.